The van der Waals surface area contributed by atoms with Crippen molar-refractivity contribution >= 4 is 46.7 Å². The monoisotopic (exact) mass is 753 g/mol. The van der Waals surface area contributed by atoms with Crippen LogP contribution < -0.4 is 20.4 Å². The molecule has 0 aliphatic carbocycles. The third-order valence-corrected chi connectivity index (χ3v) is 11.4. The van der Waals surface area contributed by atoms with Crippen molar-refractivity contribution < 1.29 is 9.59 Å². The highest BCUT2D eigenvalue weighted by Crippen LogP contribution is 2.31. The molecule has 55 heavy (non-hydrogen) atoms. The molecule has 2 aromatic carbocycles. The number of anilines is 4. The van der Waals surface area contributed by atoms with Crippen molar-refractivity contribution in [3.63, 3.8) is 0 Å². The predicted octanol–water partition coefficient (Wildman–Crippen LogP) is 13.7. The third-order valence-electron chi connectivity index (χ3n) is 11.4. The minimum Gasteiger partial charge on any atom is -0.367 e. The lowest BCUT2D eigenvalue weighted by molar-refractivity contribution is -0.123. The molecule has 0 saturated carbocycles. The van der Waals surface area contributed by atoms with E-state index in [4.69, 9.17) is 0 Å². The summed E-state index contributed by atoms with van der Waals surface area (Å²) in [5.41, 5.74) is 6.11. The number of carbonyl (C=O) groups is 2. The van der Waals surface area contributed by atoms with Crippen LogP contribution in [0.25, 0.3) is 12.2 Å². The van der Waals surface area contributed by atoms with Crippen LogP contribution in [0.3, 0.4) is 0 Å². The van der Waals surface area contributed by atoms with Gasteiger partial charge in [-0.2, -0.15) is 0 Å². The van der Waals surface area contributed by atoms with Gasteiger partial charge >= 0.3 is 0 Å². The van der Waals surface area contributed by atoms with Gasteiger partial charge in [0.15, 0.2) is 0 Å². The summed E-state index contributed by atoms with van der Waals surface area (Å²) in [6.45, 7) is 8.51. The van der Waals surface area contributed by atoms with Gasteiger partial charge in [-0.1, -0.05) is 179 Å². The van der Waals surface area contributed by atoms with Crippen LogP contribution in [0, 0.1) is 0 Å². The Hall–Kier alpha value is -3.54. The van der Waals surface area contributed by atoms with E-state index in [0.29, 0.717) is 0 Å². The molecule has 6 nitrogen and oxygen atoms in total. The van der Waals surface area contributed by atoms with E-state index in [-0.39, 0.29) is 18.2 Å². The summed E-state index contributed by atoms with van der Waals surface area (Å²) in [5, 5.41) is 5.90. The molecule has 0 spiro atoms. The number of hydrogen-bond donors (Lipinski definition) is 2. The molecule has 4 rings (SSSR count). The molecule has 2 amide bonds. The molecule has 0 unspecified atom stereocenters. The minimum atomic E-state index is -0.308. The highest BCUT2D eigenvalue weighted by molar-refractivity contribution is 6.08. The first-order valence-electron chi connectivity index (χ1n) is 22.8. The largest absolute Gasteiger partial charge is 0.367 e. The van der Waals surface area contributed by atoms with Gasteiger partial charge in [0, 0.05) is 48.9 Å². The number of nitrogens with one attached hydrogen (secondary N) is 2. The Balaban J connectivity index is 1.10. The van der Waals surface area contributed by atoms with Gasteiger partial charge in [0.05, 0.1) is 0 Å². The normalized spacial score (nSPS) is 13.2. The van der Waals surface area contributed by atoms with Crippen molar-refractivity contribution in [3.05, 3.63) is 59.7 Å². The number of carbonyl (C=O) groups excluding carboxylic acids is 2. The molecule has 0 aromatic heterocycles. The first-order valence-corrected chi connectivity index (χ1v) is 22.8. The van der Waals surface area contributed by atoms with Crippen LogP contribution in [0.2, 0.25) is 0 Å². The minimum absolute atomic E-state index is 0.226. The smallest absolute Gasteiger partial charge is 0.233 e. The van der Waals surface area contributed by atoms with Gasteiger partial charge in [-0.3, -0.25) is 9.59 Å². The maximum Gasteiger partial charge on any atom is 0.233 e. The molecule has 2 aliphatic heterocycles. The predicted molar refractivity (Wildman–Crippen MR) is 239 cm³/mol. The van der Waals surface area contributed by atoms with Crippen LogP contribution in [-0.2, 0) is 9.59 Å². The van der Waals surface area contributed by atoms with Crippen LogP contribution >= 0.6 is 0 Å². The fourth-order valence-corrected chi connectivity index (χ4v) is 8.18. The molecule has 2 aromatic rings. The van der Waals surface area contributed by atoms with E-state index in [9.17, 15) is 9.59 Å². The summed E-state index contributed by atoms with van der Waals surface area (Å²) < 4.78 is 0. The van der Waals surface area contributed by atoms with Crippen LogP contribution in [-0.4, -0.2) is 38.0 Å². The highest BCUT2D eigenvalue weighted by Gasteiger charge is 2.17. The SMILES string of the molecule is CCCCCCCCCCCCCCN1CC=Cc2cc(NC(=O)CC(=O)Nc3ccc4c(c3)C=CCN4CCCCCCCCCCCCCC)ccc21. The zero-order valence-corrected chi connectivity index (χ0v) is 35.0. The van der Waals surface area contributed by atoms with Crippen molar-refractivity contribution in [2.75, 3.05) is 46.6 Å². The quantitative estimate of drug-likeness (QED) is 0.0616. The number of unbranched alkanes of at least 4 members (excludes halogenated alkanes) is 22. The van der Waals surface area contributed by atoms with E-state index in [2.05, 4.69) is 70.7 Å². The second kappa shape index (κ2) is 27.1. The Bertz CT molecular complexity index is 1340. The van der Waals surface area contributed by atoms with Gasteiger partial charge in [-0.15, -0.1) is 0 Å². The number of amides is 2. The molecule has 0 saturated heterocycles. The Kier molecular flexibility index (Phi) is 21.8. The van der Waals surface area contributed by atoms with Gasteiger partial charge in [0.1, 0.15) is 6.42 Å². The summed E-state index contributed by atoms with van der Waals surface area (Å²) >= 11 is 0. The average molecular weight is 753 g/mol. The fourth-order valence-electron chi connectivity index (χ4n) is 8.18. The molecule has 0 fully saturated rings. The van der Waals surface area contributed by atoms with E-state index >= 15 is 0 Å². The summed E-state index contributed by atoms with van der Waals surface area (Å²) in [5.74, 6) is -0.617. The van der Waals surface area contributed by atoms with Crippen LogP contribution in [0.15, 0.2) is 48.6 Å². The average Bonchev–Trinajstić information content (AvgIpc) is 3.18. The van der Waals surface area contributed by atoms with E-state index in [1.54, 1.807) is 0 Å². The number of rotatable bonds is 30. The molecule has 0 atom stereocenters. The first kappa shape index (κ1) is 44.2. The van der Waals surface area contributed by atoms with E-state index in [0.717, 1.165) is 48.7 Å². The summed E-state index contributed by atoms with van der Waals surface area (Å²) in [7, 11) is 0. The van der Waals surface area contributed by atoms with Gasteiger partial charge in [-0.05, 0) is 60.4 Å². The molecule has 304 valence electrons. The van der Waals surface area contributed by atoms with E-state index < -0.39 is 0 Å². The van der Waals surface area contributed by atoms with Gasteiger partial charge < -0.3 is 20.4 Å². The highest BCUT2D eigenvalue weighted by atomic mass is 16.2. The second-order valence-electron chi connectivity index (χ2n) is 16.3. The summed E-state index contributed by atoms with van der Waals surface area (Å²) in [6.07, 6.45) is 41.1. The number of hydrogen-bond acceptors (Lipinski definition) is 4. The maximum atomic E-state index is 12.9. The molecule has 0 radical (unpaired) electrons. The zero-order chi connectivity index (χ0) is 38.8. The van der Waals surface area contributed by atoms with Gasteiger partial charge in [-0.25, -0.2) is 0 Å². The molecule has 2 aliphatic rings. The molecule has 2 heterocycles. The Morgan fingerprint density at radius 1 is 0.473 bits per heavy atom. The summed E-state index contributed by atoms with van der Waals surface area (Å²) in [4.78, 5) is 30.7. The lowest BCUT2D eigenvalue weighted by Crippen LogP contribution is -2.27. The summed E-state index contributed by atoms with van der Waals surface area (Å²) in [6, 6.07) is 12.2. The Morgan fingerprint density at radius 2 is 0.800 bits per heavy atom. The molecule has 0 bridgehead atoms. The second-order valence-corrected chi connectivity index (χ2v) is 16.3. The number of nitrogens with zero attached hydrogens (tertiary/aromatic N) is 2. The van der Waals surface area contributed by atoms with Crippen molar-refractivity contribution in [1.82, 2.24) is 0 Å². The lowest BCUT2D eigenvalue weighted by atomic mass is 10.0. The van der Waals surface area contributed by atoms with Gasteiger partial charge in [0.25, 0.3) is 0 Å². The van der Waals surface area contributed by atoms with E-state index in [1.165, 1.54) is 165 Å². The maximum absolute atomic E-state index is 12.9. The molecule has 6 heteroatoms. The molecular weight excluding hydrogens is 677 g/mol. The van der Waals surface area contributed by atoms with Crippen molar-refractivity contribution in [3.8, 4) is 0 Å². The first-order chi connectivity index (χ1) is 27.1. The van der Waals surface area contributed by atoms with Crippen LogP contribution in [0.5, 0.6) is 0 Å². The molecule has 2 N–H and O–H groups in total. The lowest BCUT2D eigenvalue weighted by Gasteiger charge is -2.28. The van der Waals surface area contributed by atoms with Gasteiger partial charge in [0.2, 0.25) is 11.8 Å². The van der Waals surface area contributed by atoms with Crippen LogP contribution in [0.1, 0.15) is 185 Å². The number of benzene rings is 2. The standard InChI is InChI=1S/C49H76N4O2/c1-3-5-7-9-11-13-15-17-19-21-23-25-35-52-37-27-29-42-39-44(31-33-46(42)52)50-48(54)41-49(55)51-45-32-34-47-43(40-45)30-28-38-53(47)36-26-24-22-20-18-16-14-12-10-8-6-4-2/h27-34,39-40H,3-26,35-38,41H2,1-2H3,(H,50,54)(H,51,55). The topological polar surface area (TPSA) is 64.7 Å². The van der Waals surface area contributed by atoms with Crippen molar-refractivity contribution in [2.24, 2.45) is 0 Å². The molecular formula is C49H76N4O2. The van der Waals surface area contributed by atoms with Crippen molar-refractivity contribution in [1.29, 1.82) is 0 Å². The number of fused-ring (bicyclic) bond motifs is 2. The van der Waals surface area contributed by atoms with Crippen molar-refractivity contribution in [2.45, 2.75) is 174 Å². The van der Waals surface area contributed by atoms with E-state index in [1.807, 2.05) is 24.3 Å². The Labute approximate surface area is 336 Å². The fraction of sp³-hybridized carbons (Fsp3) is 0.633. The third kappa shape index (κ3) is 17.4. The zero-order valence-electron chi connectivity index (χ0n) is 35.0. The Morgan fingerprint density at radius 3 is 1.15 bits per heavy atom. The van der Waals surface area contributed by atoms with Crippen LogP contribution in [0.4, 0.5) is 22.7 Å².